The Morgan fingerprint density at radius 2 is 1.27 bits per heavy atom. The van der Waals surface area contributed by atoms with Crippen molar-refractivity contribution in [2.24, 2.45) is 17.2 Å². The lowest BCUT2D eigenvalue weighted by Gasteiger charge is -2.25. The maximum absolute atomic E-state index is 13.9. The summed E-state index contributed by atoms with van der Waals surface area (Å²) < 4.78 is 0. The largest absolute Gasteiger partial charge is 0.480 e. The van der Waals surface area contributed by atoms with Crippen LogP contribution in [0.1, 0.15) is 36.8 Å². The third-order valence-electron chi connectivity index (χ3n) is 7.59. The van der Waals surface area contributed by atoms with E-state index in [-0.39, 0.29) is 44.1 Å². The highest BCUT2D eigenvalue weighted by molar-refractivity contribution is 5.95. The van der Waals surface area contributed by atoms with E-state index in [9.17, 15) is 24.3 Å². The molecule has 48 heavy (non-hydrogen) atoms. The van der Waals surface area contributed by atoms with Gasteiger partial charge in [-0.15, -0.1) is 0 Å². The molecule has 0 saturated carbocycles. The van der Waals surface area contributed by atoms with Gasteiger partial charge in [-0.2, -0.15) is 0 Å². The summed E-state index contributed by atoms with van der Waals surface area (Å²) in [6.07, 6.45) is 2.90. The molecule has 4 atom stereocenters. The minimum atomic E-state index is -1.27. The zero-order chi connectivity index (χ0) is 35.1. The molecule has 3 aromatic rings. The molecule has 16 heteroatoms. The molecule has 0 aliphatic heterocycles. The second kappa shape index (κ2) is 18.5. The van der Waals surface area contributed by atoms with Gasteiger partial charge in [0, 0.05) is 43.0 Å². The number of nitrogens with two attached hydrogens (primary N) is 3. The number of para-hydroxylation sites is 1. The molecule has 16 nitrogen and oxygen atoms in total. The van der Waals surface area contributed by atoms with Crippen LogP contribution in [-0.2, 0) is 32.0 Å². The molecule has 15 N–H and O–H groups in total. The normalized spacial score (nSPS) is 13.4. The third-order valence-corrected chi connectivity index (χ3v) is 7.59. The first-order valence-electron chi connectivity index (χ1n) is 15.6. The number of aromatic amines is 1. The number of benzene rings is 2. The Morgan fingerprint density at radius 1 is 0.729 bits per heavy atom. The Balaban J connectivity index is 1.82. The van der Waals surface area contributed by atoms with Crippen LogP contribution in [0, 0.1) is 10.8 Å². The average Bonchev–Trinajstić information content (AvgIpc) is 3.46. The number of nitrogens with one attached hydrogen (secondary N) is 8. The predicted octanol–water partition coefficient (Wildman–Crippen LogP) is -0.654. The van der Waals surface area contributed by atoms with Crippen LogP contribution in [0.25, 0.3) is 10.9 Å². The van der Waals surface area contributed by atoms with Crippen molar-refractivity contribution in [2.45, 2.75) is 62.7 Å². The SMILES string of the molecule is N=C(N)NCCC[C@H](NC(=O)[C@H](Cc1c[nH]c2ccccc12)NC(=O)[C@H](Cc1ccccc1)NC(=O)[C@@H](N)CCCNC(=N)N)C(=O)O. The van der Waals surface area contributed by atoms with E-state index in [0.29, 0.717) is 24.9 Å². The molecule has 0 fully saturated rings. The fourth-order valence-electron chi connectivity index (χ4n) is 5.07. The van der Waals surface area contributed by atoms with Gasteiger partial charge in [-0.05, 0) is 42.9 Å². The zero-order valence-electron chi connectivity index (χ0n) is 26.6. The van der Waals surface area contributed by atoms with E-state index in [2.05, 4.69) is 31.6 Å². The van der Waals surface area contributed by atoms with E-state index in [4.69, 9.17) is 28.0 Å². The van der Waals surface area contributed by atoms with Gasteiger partial charge < -0.3 is 53.9 Å². The van der Waals surface area contributed by atoms with Gasteiger partial charge >= 0.3 is 5.97 Å². The Labute approximate surface area is 278 Å². The maximum atomic E-state index is 13.9. The molecule has 0 spiro atoms. The van der Waals surface area contributed by atoms with Crippen molar-refractivity contribution in [3.8, 4) is 0 Å². The van der Waals surface area contributed by atoms with E-state index in [1.54, 1.807) is 30.5 Å². The summed E-state index contributed by atoms with van der Waals surface area (Å²) in [4.78, 5) is 55.9. The topological polar surface area (TPSA) is 290 Å². The number of fused-ring (bicyclic) bond motifs is 1. The molecular formula is C32H45N11O5. The monoisotopic (exact) mass is 663 g/mol. The van der Waals surface area contributed by atoms with Gasteiger partial charge in [0.15, 0.2) is 11.9 Å². The molecule has 0 bridgehead atoms. The molecule has 0 aliphatic carbocycles. The van der Waals surface area contributed by atoms with Crippen LogP contribution >= 0.6 is 0 Å². The van der Waals surface area contributed by atoms with Crippen LogP contribution in [-0.4, -0.2) is 83.0 Å². The molecule has 2 aromatic carbocycles. The van der Waals surface area contributed by atoms with Gasteiger partial charge in [-0.1, -0.05) is 48.5 Å². The van der Waals surface area contributed by atoms with Crippen molar-refractivity contribution in [3.05, 3.63) is 71.9 Å². The lowest BCUT2D eigenvalue weighted by Crippen LogP contribution is -2.58. The molecule has 3 amide bonds. The van der Waals surface area contributed by atoms with Crippen molar-refractivity contribution < 1.29 is 24.3 Å². The second-order valence-corrected chi connectivity index (χ2v) is 11.3. The number of carbonyl (C=O) groups excluding carboxylic acids is 3. The van der Waals surface area contributed by atoms with Crippen LogP contribution in [0.2, 0.25) is 0 Å². The summed E-state index contributed by atoms with van der Waals surface area (Å²) in [5, 5.41) is 38.4. The van der Waals surface area contributed by atoms with Gasteiger partial charge in [0.1, 0.15) is 18.1 Å². The van der Waals surface area contributed by atoms with Crippen molar-refractivity contribution in [1.29, 1.82) is 10.8 Å². The Bertz CT molecular complexity index is 1560. The average molecular weight is 664 g/mol. The first-order valence-corrected chi connectivity index (χ1v) is 15.6. The summed E-state index contributed by atoms with van der Waals surface area (Å²) in [5.41, 5.74) is 19.0. The number of carboxylic acid groups (broad SMARTS) is 1. The molecule has 1 aromatic heterocycles. The summed E-state index contributed by atoms with van der Waals surface area (Å²) in [6, 6.07) is 11.9. The van der Waals surface area contributed by atoms with Gasteiger partial charge in [-0.3, -0.25) is 25.2 Å². The van der Waals surface area contributed by atoms with Crippen molar-refractivity contribution in [2.75, 3.05) is 13.1 Å². The zero-order valence-corrected chi connectivity index (χ0v) is 26.6. The fourth-order valence-corrected chi connectivity index (χ4v) is 5.07. The number of amides is 3. The van der Waals surface area contributed by atoms with E-state index in [1.807, 2.05) is 30.3 Å². The third kappa shape index (κ3) is 11.9. The number of aliphatic carboxylic acids is 1. The molecule has 258 valence electrons. The molecule has 3 rings (SSSR count). The van der Waals surface area contributed by atoms with E-state index in [1.165, 1.54) is 0 Å². The van der Waals surface area contributed by atoms with E-state index >= 15 is 0 Å². The lowest BCUT2D eigenvalue weighted by molar-refractivity contribution is -0.142. The van der Waals surface area contributed by atoms with Crippen LogP contribution in [0.4, 0.5) is 0 Å². The van der Waals surface area contributed by atoms with E-state index in [0.717, 1.165) is 16.5 Å². The number of carbonyl (C=O) groups is 4. The Kier molecular flexibility index (Phi) is 14.2. The number of aromatic nitrogens is 1. The van der Waals surface area contributed by atoms with Crippen LogP contribution < -0.4 is 43.8 Å². The Hall–Kier alpha value is -5.64. The minimum Gasteiger partial charge on any atom is -0.480 e. The number of rotatable bonds is 19. The molecule has 0 unspecified atom stereocenters. The summed E-state index contributed by atoms with van der Waals surface area (Å²) in [7, 11) is 0. The molecule has 0 radical (unpaired) electrons. The minimum absolute atomic E-state index is 0.0223. The lowest BCUT2D eigenvalue weighted by atomic mass is 10.0. The summed E-state index contributed by atoms with van der Waals surface area (Å²) >= 11 is 0. The van der Waals surface area contributed by atoms with Crippen molar-refractivity contribution in [3.63, 3.8) is 0 Å². The summed E-state index contributed by atoms with van der Waals surface area (Å²) in [5.74, 6) is -3.66. The number of carboxylic acids is 1. The molecular weight excluding hydrogens is 618 g/mol. The fraction of sp³-hybridized carbons (Fsp3) is 0.375. The van der Waals surface area contributed by atoms with Gasteiger partial charge in [-0.25, -0.2) is 4.79 Å². The van der Waals surface area contributed by atoms with Crippen LogP contribution in [0.15, 0.2) is 60.8 Å². The van der Waals surface area contributed by atoms with Crippen molar-refractivity contribution in [1.82, 2.24) is 31.6 Å². The Morgan fingerprint density at radius 3 is 1.90 bits per heavy atom. The molecule has 0 saturated heterocycles. The summed E-state index contributed by atoms with van der Waals surface area (Å²) in [6.45, 7) is 0.584. The van der Waals surface area contributed by atoms with Crippen molar-refractivity contribution >= 4 is 46.5 Å². The highest BCUT2D eigenvalue weighted by Crippen LogP contribution is 2.19. The number of hydrogen-bond donors (Lipinski definition) is 12. The number of H-pyrrole nitrogens is 1. The molecule has 1 heterocycles. The number of hydrogen-bond acceptors (Lipinski definition) is 7. The first-order chi connectivity index (χ1) is 22.9. The smallest absolute Gasteiger partial charge is 0.326 e. The standard InChI is InChI=1S/C32H45N11O5/c33-22(11-6-14-38-31(34)35)27(44)42-25(16-19-8-2-1-3-9-19)28(45)43-26(17-20-18-40-23-12-5-4-10-21(20)23)29(46)41-24(30(47)48)13-7-15-39-32(36)37/h1-5,8-10,12,18,22,24-26,40H,6-7,11,13-17,33H2,(H,41,46)(H,42,44)(H,43,45)(H,47,48)(H4,34,35,38)(H4,36,37,39)/t22-,24-,25-,26-/m0/s1. The van der Waals surface area contributed by atoms with Gasteiger partial charge in [0.2, 0.25) is 17.7 Å². The first kappa shape index (κ1) is 36.8. The van der Waals surface area contributed by atoms with Crippen LogP contribution in [0.5, 0.6) is 0 Å². The van der Waals surface area contributed by atoms with Crippen LogP contribution in [0.3, 0.4) is 0 Å². The second-order valence-electron chi connectivity index (χ2n) is 11.3. The molecule has 0 aliphatic rings. The predicted molar refractivity (Wildman–Crippen MR) is 182 cm³/mol. The quantitative estimate of drug-likeness (QED) is 0.0437. The highest BCUT2D eigenvalue weighted by atomic mass is 16.4. The van der Waals surface area contributed by atoms with Gasteiger partial charge in [0.05, 0.1) is 6.04 Å². The number of guanidine groups is 2. The maximum Gasteiger partial charge on any atom is 0.326 e. The highest BCUT2D eigenvalue weighted by Gasteiger charge is 2.31. The van der Waals surface area contributed by atoms with E-state index < -0.39 is 47.9 Å². The van der Waals surface area contributed by atoms with Gasteiger partial charge in [0.25, 0.3) is 0 Å².